The fraction of sp³-hybridized carbons (Fsp3) is 0.533. The van der Waals surface area contributed by atoms with E-state index in [-0.39, 0.29) is 16.8 Å². The average molecular weight is 351 g/mol. The molecule has 4 rings (SSSR count). The second kappa shape index (κ2) is 5.92. The summed E-state index contributed by atoms with van der Waals surface area (Å²) in [5.41, 5.74) is 1.39. The summed E-state index contributed by atoms with van der Waals surface area (Å²) >= 11 is 3.57. The van der Waals surface area contributed by atoms with Gasteiger partial charge in [0.15, 0.2) is 12.1 Å². The first-order chi connectivity index (χ1) is 11.1. The lowest BCUT2D eigenvalue weighted by Crippen LogP contribution is -2.60. The van der Waals surface area contributed by atoms with E-state index < -0.39 is 0 Å². The second-order valence-electron chi connectivity index (χ2n) is 6.02. The zero-order valence-corrected chi connectivity index (χ0v) is 14.4. The highest BCUT2D eigenvalue weighted by Crippen LogP contribution is 2.46. The third-order valence-electron chi connectivity index (χ3n) is 4.21. The lowest BCUT2D eigenvalue weighted by atomic mass is 9.92. The summed E-state index contributed by atoms with van der Waals surface area (Å²) in [5, 5.41) is 3.12. The Morgan fingerprint density at radius 1 is 1.57 bits per heavy atom. The van der Waals surface area contributed by atoms with Crippen LogP contribution < -0.4 is 0 Å². The molecular formula is C15H17N3O3S2. The highest BCUT2D eigenvalue weighted by Gasteiger charge is 2.51. The molecule has 8 heteroatoms. The van der Waals surface area contributed by atoms with Crippen molar-refractivity contribution in [2.45, 2.75) is 30.8 Å². The number of likely N-dealkylation sites (tertiary alicyclic amines) is 1. The number of aromatic nitrogens is 2. The largest absolute Gasteiger partial charge is 0.451 e. The molecule has 2 aromatic rings. The molecule has 2 aliphatic rings. The molecule has 0 aliphatic carbocycles. The number of aryl methyl sites for hydroxylation is 1. The molecule has 2 aromatic heterocycles. The van der Waals surface area contributed by atoms with Crippen molar-refractivity contribution in [3.8, 4) is 0 Å². The summed E-state index contributed by atoms with van der Waals surface area (Å²) in [5.74, 6) is 0.932. The number of thiazole rings is 1. The Labute approximate surface area is 142 Å². The summed E-state index contributed by atoms with van der Waals surface area (Å²) in [6.45, 7) is 4.11. The molecule has 1 amide bonds. The number of carbonyl (C=O) groups excluding carboxylic acids is 1. The SMILES string of the molecule is Cc1nc(COC2CSC3(C2)CN(C(=O)c2cocn2)C3)cs1. The Hall–Kier alpha value is -1.38. The zero-order valence-electron chi connectivity index (χ0n) is 12.7. The molecule has 2 aliphatic heterocycles. The zero-order chi connectivity index (χ0) is 15.9. The molecule has 0 radical (unpaired) electrons. The number of hydrogen-bond acceptors (Lipinski definition) is 7. The van der Waals surface area contributed by atoms with Crippen LogP contribution in [-0.2, 0) is 11.3 Å². The maximum Gasteiger partial charge on any atom is 0.275 e. The number of oxazole rings is 1. The van der Waals surface area contributed by atoms with E-state index in [4.69, 9.17) is 9.15 Å². The Morgan fingerprint density at radius 3 is 3.13 bits per heavy atom. The first-order valence-electron chi connectivity index (χ1n) is 7.48. The van der Waals surface area contributed by atoms with Crippen LogP contribution in [-0.4, -0.2) is 50.5 Å². The number of hydrogen-bond donors (Lipinski definition) is 0. The van der Waals surface area contributed by atoms with Gasteiger partial charge >= 0.3 is 0 Å². The Kier molecular flexibility index (Phi) is 3.90. The van der Waals surface area contributed by atoms with Crippen LogP contribution in [0.1, 0.15) is 27.6 Å². The van der Waals surface area contributed by atoms with Crippen LogP contribution >= 0.6 is 23.1 Å². The molecule has 122 valence electrons. The quantitative estimate of drug-likeness (QED) is 0.842. The fourth-order valence-electron chi connectivity index (χ4n) is 3.08. The molecule has 1 atom stereocenters. The monoisotopic (exact) mass is 351 g/mol. The van der Waals surface area contributed by atoms with Crippen LogP contribution in [0.2, 0.25) is 0 Å². The third kappa shape index (κ3) is 3.02. The molecule has 0 saturated carbocycles. The average Bonchev–Trinajstić information content (AvgIpc) is 3.23. The standard InChI is InChI=1S/C15H17N3O3S2/c1-10-17-11(5-22-10)3-21-12-2-15(23-6-12)7-18(8-15)14(19)13-4-20-9-16-13/h4-5,9,12H,2-3,6-8H2,1H3. The second-order valence-corrected chi connectivity index (χ2v) is 8.57. The summed E-state index contributed by atoms with van der Waals surface area (Å²) < 4.78 is 11.0. The molecule has 1 unspecified atom stereocenters. The van der Waals surface area contributed by atoms with E-state index in [1.54, 1.807) is 11.3 Å². The molecular weight excluding hydrogens is 334 g/mol. The van der Waals surface area contributed by atoms with Crippen molar-refractivity contribution in [3.05, 3.63) is 34.4 Å². The van der Waals surface area contributed by atoms with Gasteiger partial charge in [-0.25, -0.2) is 9.97 Å². The van der Waals surface area contributed by atoms with Crippen LogP contribution in [0.25, 0.3) is 0 Å². The van der Waals surface area contributed by atoms with Crippen molar-refractivity contribution in [1.29, 1.82) is 0 Å². The number of amides is 1. The molecule has 0 bridgehead atoms. The predicted molar refractivity (Wildman–Crippen MR) is 87.6 cm³/mol. The van der Waals surface area contributed by atoms with E-state index in [2.05, 4.69) is 15.3 Å². The van der Waals surface area contributed by atoms with Gasteiger partial charge in [0.05, 0.1) is 28.2 Å². The van der Waals surface area contributed by atoms with Crippen molar-refractivity contribution >= 4 is 29.0 Å². The van der Waals surface area contributed by atoms with Gasteiger partial charge in [-0.3, -0.25) is 4.79 Å². The number of ether oxygens (including phenoxy) is 1. The van der Waals surface area contributed by atoms with Gasteiger partial charge in [-0.15, -0.1) is 23.1 Å². The van der Waals surface area contributed by atoms with E-state index in [1.165, 1.54) is 12.7 Å². The number of carbonyl (C=O) groups is 1. The number of nitrogens with zero attached hydrogens (tertiary/aromatic N) is 3. The Morgan fingerprint density at radius 2 is 2.43 bits per heavy atom. The van der Waals surface area contributed by atoms with E-state index >= 15 is 0 Å². The van der Waals surface area contributed by atoms with Crippen molar-refractivity contribution in [2.75, 3.05) is 18.8 Å². The van der Waals surface area contributed by atoms with E-state index in [0.717, 1.165) is 36.0 Å². The van der Waals surface area contributed by atoms with Crippen molar-refractivity contribution in [3.63, 3.8) is 0 Å². The predicted octanol–water partition coefficient (Wildman–Crippen LogP) is 2.36. The lowest BCUT2D eigenvalue weighted by molar-refractivity contribution is 0.0244. The smallest absolute Gasteiger partial charge is 0.275 e. The van der Waals surface area contributed by atoms with Gasteiger partial charge in [-0.05, 0) is 13.3 Å². The van der Waals surface area contributed by atoms with Gasteiger partial charge in [-0.1, -0.05) is 0 Å². The molecule has 1 spiro atoms. The van der Waals surface area contributed by atoms with E-state index in [1.807, 2.05) is 23.6 Å². The number of rotatable bonds is 4. The highest BCUT2D eigenvalue weighted by molar-refractivity contribution is 8.01. The maximum absolute atomic E-state index is 12.2. The van der Waals surface area contributed by atoms with Crippen molar-refractivity contribution in [1.82, 2.24) is 14.9 Å². The van der Waals surface area contributed by atoms with Crippen LogP contribution in [0.3, 0.4) is 0 Å². The van der Waals surface area contributed by atoms with Gasteiger partial charge < -0.3 is 14.1 Å². The topological polar surface area (TPSA) is 68.5 Å². The normalized spacial score (nSPS) is 22.5. The minimum Gasteiger partial charge on any atom is -0.451 e. The summed E-state index contributed by atoms with van der Waals surface area (Å²) in [4.78, 5) is 22.4. The maximum atomic E-state index is 12.2. The minimum atomic E-state index is -0.0488. The highest BCUT2D eigenvalue weighted by atomic mass is 32.2. The van der Waals surface area contributed by atoms with Crippen molar-refractivity contribution < 1.29 is 13.9 Å². The fourth-order valence-corrected chi connectivity index (χ4v) is 5.23. The number of thioether (sulfide) groups is 1. The molecule has 6 nitrogen and oxygen atoms in total. The molecule has 2 fully saturated rings. The van der Waals surface area contributed by atoms with Crippen LogP contribution in [0, 0.1) is 6.92 Å². The van der Waals surface area contributed by atoms with Gasteiger partial charge in [0.1, 0.15) is 6.26 Å². The van der Waals surface area contributed by atoms with Gasteiger partial charge in [0, 0.05) is 24.2 Å². The van der Waals surface area contributed by atoms with Crippen molar-refractivity contribution in [2.24, 2.45) is 0 Å². The van der Waals surface area contributed by atoms with E-state index in [9.17, 15) is 4.79 Å². The van der Waals surface area contributed by atoms with Crippen LogP contribution in [0.15, 0.2) is 22.5 Å². The first-order valence-corrected chi connectivity index (χ1v) is 9.34. The lowest BCUT2D eigenvalue weighted by Gasteiger charge is -2.47. The molecule has 0 aromatic carbocycles. The third-order valence-corrected chi connectivity index (χ3v) is 6.60. The summed E-state index contributed by atoms with van der Waals surface area (Å²) in [6, 6.07) is 0. The summed E-state index contributed by atoms with van der Waals surface area (Å²) in [6.07, 6.45) is 3.92. The van der Waals surface area contributed by atoms with Crippen LogP contribution in [0.5, 0.6) is 0 Å². The van der Waals surface area contributed by atoms with Gasteiger partial charge in [0.25, 0.3) is 5.91 Å². The van der Waals surface area contributed by atoms with Gasteiger partial charge in [0.2, 0.25) is 0 Å². The molecule has 2 saturated heterocycles. The molecule has 0 N–H and O–H groups in total. The first kappa shape index (κ1) is 15.2. The Bertz CT molecular complexity index is 695. The van der Waals surface area contributed by atoms with Crippen LogP contribution in [0.4, 0.5) is 0 Å². The minimum absolute atomic E-state index is 0.0488. The van der Waals surface area contributed by atoms with Gasteiger partial charge in [-0.2, -0.15) is 0 Å². The summed E-state index contributed by atoms with van der Waals surface area (Å²) in [7, 11) is 0. The molecule has 23 heavy (non-hydrogen) atoms. The Balaban J connectivity index is 1.27. The molecule has 4 heterocycles. The van der Waals surface area contributed by atoms with E-state index in [0.29, 0.717) is 12.3 Å².